The fourth-order valence-electron chi connectivity index (χ4n) is 1.75. The third-order valence-corrected chi connectivity index (χ3v) is 2.72. The summed E-state index contributed by atoms with van der Waals surface area (Å²) in [7, 11) is 0. The first-order valence-corrected chi connectivity index (χ1v) is 6.04. The summed E-state index contributed by atoms with van der Waals surface area (Å²) < 4.78 is 5.38. The highest BCUT2D eigenvalue weighted by Gasteiger charge is 2.18. The summed E-state index contributed by atoms with van der Waals surface area (Å²) in [4.78, 5) is 25.4. The molecule has 0 saturated carbocycles. The molecule has 1 aromatic heterocycles. The van der Waals surface area contributed by atoms with Crippen LogP contribution in [0.5, 0.6) is 5.75 Å². The van der Waals surface area contributed by atoms with Gasteiger partial charge in [-0.2, -0.15) is 0 Å². The van der Waals surface area contributed by atoms with E-state index < -0.39 is 10.9 Å². The number of nitro benzene ring substituents is 1. The van der Waals surface area contributed by atoms with Gasteiger partial charge in [0.2, 0.25) is 0 Å². The summed E-state index contributed by atoms with van der Waals surface area (Å²) in [5.41, 5.74) is 0.892. The zero-order valence-electron chi connectivity index (χ0n) is 11.1. The fraction of sp³-hybridized carbons (Fsp3) is 0.143. The first-order valence-electron chi connectivity index (χ1n) is 6.04. The predicted octanol–water partition coefficient (Wildman–Crippen LogP) is 2.58. The molecule has 0 saturated heterocycles. The van der Waals surface area contributed by atoms with Crippen LogP contribution in [0.25, 0.3) is 0 Å². The number of nitro groups is 1. The number of pyridine rings is 1. The molecule has 0 atom stereocenters. The van der Waals surface area contributed by atoms with Gasteiger partial charge < -0.3 is 9.84 Å². The Labute approximate surface area is 120 Å². The third kappa shape index (κ3) is 3.53. The molecule has 0 spiro atoms. The average molecular weight is 288 g/mol. The summed E-state index contributed by atoms with van der Waals surface area (Å²) in [5, 5.41) is 19.8. The van der Waals surface area contributed by atoms with Crippen molar-refractivity contribution in [2.45, 2.75) is 13.5 Å². The number of benzene rings is 1. The Morgan fingerprint density at radius 1 is 1.38 bits per heavy atom. The maximum atomic E-state index is 11.0. The Balaban J connectivity index is 2.23. The van der Waals surface area contributed by atoms with E-state index in [0.29, 0.717) is 5.69 Å². The van der Waals surface area contributed by atoms with Gasteiger partial charge in [-0.25, -0.2) is 4.79 Å². The van der Waals surface area contributed by atoms with Crippen LogP contribution in [-0.2, 0) is 6.61 Å². The van der Waals surface area contributed by atoms with Gasteiger partial charge in [0.05, 0.1) is 16.2 Å². The van der Waals surface area contributed by atoms with Crippen molar-refractivity contribution in [1.82, 2.24) is 4.98 Å². The van der Waals surface area contributed by atoms with E-state index >= 15 is 0 Å². The Hall–Kier alpha value is -2.96. The minimum absolute atomic E-state index is 0.00769. The Kier molecular flexibility index (Phi) is 4.13. The van der Waals surface area contributed by atoms with E-state index in [1.807, 2.05) is 19.1 Å². The molecule has 2 aromatic rings. The minimum Gasteiger partial charge on any atom is -0.480 e. The van der Waals surface area contributed by atoms with Crippen LogP contribution >= 0.6 is 0 Å². The van der Waals surface area contributed by atoms with Crippen molar-refractivity contribution in [2.24, 2.45) is 0 Å². The molecule has 1 N–H and O–H groups in total. The summed E-state index contributed by atoms with van der Waals surface area (Å²) >= 11 is 0. The quantitative estimate of drug-likeness (QED) is 0.670. The summed E-state index contributed by atoms with van der Waals surface area (Å²) in [5.74, 6) is -1.22. The molecule has 0 aliphatic heterocycles. The summed E-state index contributed by atoms with van der Waals surface area (Å²) in [6.45, 7) is 1.89. The van der Waals surface area contributed by atoms with E-state index in [4.69, 9.17) is 9.84 Å². The third-order valence-electron chi connectivity index (χ3n) is 2.72. The molecule has 21 heavy (non-hydrogen) atoms. The average Bonchev–Trinajstić information content (AvgIpc) is 2.44. The Bertz CT molecular complexity index is 700. The maximum Gasteiger partial charge on any atom is 0.335 e. The second-order valence-corrected chi connectivity index (χ2v) is 4.30. The van der Waals surface area contributed by atoms with Crippen molar-refractivity contribution in [3.05, 3.63) is 63.5 Å². The molecular weight excluding hydrogens is 276 g/mol. The number of carboxylic acid groups (broad SMARTS) is 1. The van der Waals surface area contributed by atoms with Gasteiger partial charge in [-0.1, -0.05) is 6.07 Å². The van der Waals surface area contributed by atoms with Crippen molar-refractivity contribution in [2.75, 3.05) is 0 Å². The van der Waals surface area contributed by atoms with Crippen LogP contribution in [0, 0.1) is 17.0 Å². The molecule has 0 amide bonds. The van der Waals surface area contributed by atoms with E-state index in [1.54, 1.807) is 6.07 Å². The fourth-order valence-corrected chi connectivity index (χ4v) is 1.75. The Morgan fingerprint density at radius 3 is 2.76 bits per heavy atom. The zero-order valence-corrected chi connectivity index (χ0v) is 11.1. The lowest BCUT2D eigenvalue weighted by Gasteiger charge is -2.07. The predicted molar refractivity (Wildman–Crippen MR) is 73.4 cm³/mol. The highest BCUT2D eigenvalue weighted by molar-refractivity contribution is 5.88. The lowest BCUT2D eigenvalue weighted by Crippen LogP contribution is -2.03. The number of rotatable bonds is 5. The number of aryl methyl sites for hydroxylation is 1. The van der Waals surface area contributed by atoms with Gasteiger partial charge in [-0.3, -0.25) is 15.1 Å². The molecule has 0 fully saturated rings. The molecule has 2 rings (SSSR count). The molecule has 0 aliphatic carbocycles. The van der Waals surface area contributed by atoms with Gasteiger partial charge in [0.1, 0.15) is 6.61 Å². The van der Waals surface area contributed by atoms with Crippen LogP contribution in [-0.4, -0.2) is 21.0 Å². The second kappa shape index (κ2) is 6.00. The van der Waals surface area contributed by atoms with Crippen molar-refractivity contribution in [1.29, 1.82) is 0 Å². The van der Waals surface area contributed by atoms with Crippen molar-refractivity contribution < 1.29 is 19.6 Å². The number of hydrogen-bond acceptors (Lipinski definition) is 5. The molecule has 0 bridgehead atoms. The second-order valence-electron chi connectivity index (χ2n) is 4.30. The number of ether oxygens (including phenoxy) is 1. The summed E-state index contributed by atoms with van der Waals surface area (Å²) in [6.07, 6.45) is 0. The molecule has 0 radical (unpaired) electrons. The molecule has 7 heteroatoms. The minimum atomic E-state index is -1.23. The van der Waals surface area contributed by atoms with Crippen LogP contribution < -0.4 is 4.74 Å². The largest absolute Gasteiger partial charge is 0.480 e. The van der Waals surface area contributed by atoms with E-state index in [1.165, 1.54) is 12.1 Å². The SMILES string of the molecule is Cc1cccc(COc2ccc(C(=O)O)cc2[N+](=O)[O-])n1. The lowest BCUT2D eigenvalue weighted by atomic mass is 10.2. The molecule has 108 valence electrons. The number of aromatic nitrogens is 1. The smallest absolute Gasteiger partial charge is 0.335 e. The molecule has 7 nitrogen and oxygen atoms in total. The molecule has 0 unspecified atom stereocenters. The Morgan fingerprint density at radius 2 is 2.14 bits per heavy atom. The first kappa shape index (κ1) is 14.4. The van der Waals surface area contributed by atoms with Crippen molar-refractivity contribution in [3.8, 4) is 5.75 Å². The first-order chi connectivity index (χ1) is 9.97. The molecule has 1 aromatic carbocycles. The number of aromatic carboxylic acids is 1. The van der Waals surface area contributed by atoms with Crippen molar-refractivity contribution in [3.63, 3.8) is 0 Å². The molecular formula is C14H12N2O5. The maximum absolute atomic E-state index is 11.0. The normalized spacial score (nSPS) is 10.1. The lowest BCUT2D eigenvalue weighted by molar-refractivity contribution is -0.386. The van der Waals surface area contributed by atoms with E-state index in [2.05, 4.69) is 4.98 Å². The van der Waals surface area contributed by atoms with Crippen LogP contribution in [0.2, 0.25) is 0 Å². The van der Waals surface area contributed by atoms with Gasteiger partial charge >= 0.3 is 11.7 Å². The van der Waals surface area contributed by atoms with Crippen LogP contribution in [0.15, 0.2) is 36.4 Å². The highest BCUT2D eigenvalue weighted by atomic mass is 16.6. The molecule has 0 aliphatic rings. The molecule has 1 heterocycles. The van der Waals surface area contributed by atoms with Gasteiger partial charge in [-0.05, 0) is 31.2 Å². The summed E-state index contributed by atoms with van der Waals surface area (Å²) in [6, 6.07) is 8.88. The number of carbonyl (C=O) groups is 1. The number of hydrogen-bond donors (Lipinski definition) is 1. The standard InChI is InChI=1S/C14H12N2O5/c1-9-3-2-4-11(15-9)8-21-13-6-5-10(14(17)18)7-12(13)16(19)20/h2-7H,8H2,1H3,(H,17,18). The topological polar surface area (TPSA) is 103 Å². The van der Waals surface area contributed by atoms with Crippen LogP contribution in [0.3, 0.4) is 0 Å². The monoisotopic (exact) mass is 288 g/mol. The van der Waals surface area contributed by atoms with E-state index in [9.17, 15) is 14.9 Å². The van der Waals surface area contributed by atoms with Gasteiger partial charge in [0.15, 0.2) is 5.75 Å². The van der Waals surface area contributed by atoms with Gasteiger partial charge in [0, 0.05) is 11.8 Å². The van der Waals surface area contributed by atoms with E-state index in [0.717, 1.165) is 11.8 Å². The highest BCUT2D eigenvalue weighted by Crippen LogP contribution is 2.28. The zero-order chi connectivity index (χ0) is 15.4. The van der Waals surface area contributed by atoms with Gasteiger partial charge in [-0.15, -0.1) is 0 Å². The van der Waals surface area contributed by atoms with E-state index in [-0.39, 0.29) is 23.6 Å². The van der Waals surface area contributed by atoms with Crippen LogP contribution in [0.1, 0.15) is 21.7 Å². The van der Waals surface area contributed by atoms with Crippen LogP contribution in [0.4, 0.5) is 5.69 Å². The van der Waals surface area contributed by atoms with Gasteiger partial charge in [0.25, 0.3) is 0 Å². The number of carboxylic acids is 1. The number of nitrogens with zero attached hydrogens (tertiary/aromatic N) is 2. The van der Waals surface area contributed by atoms with Crippen molar-refractivity contribution >= 4 is 11.7 Å².